The minimum atomic E-state index is -0.110. The molecule has 3 aromatic carbocycles. The van der Waals surface area contributed by atoms with Gasteiger partial charge in [0.1, 0.15) is 0 Å². The smallest absolute Gasteiger partial charge is 0.234 e. The van der Waals surface area contributed by atoms with Crippen molar-refractivity contribution in [3.63, 3.8) is 0 Å². The van der Waals surface area contributed by atoms with Gasteiger partial charge in [0.05, 0.1) is 13.0 Å². The Balaban J connectivity index is 0.00000231. The van der Waals surface area contributed by atoms with Crippen LogP contribution >= 0.6 is 12.4 Å². The highest BCUT2D eigenvalue weighted by Gasteiger charge is 2.28. The maximum absolute atomic E-state index is 12.0. The zero-order valence-electron chi connectivity index (χ0n) is 17.4. The number of aryl methyl sites for hydroxylation is 1. The van der Waals surface area contributed by atoms with Gasteiger partial charge in [0, 0.05) is 5.69 Å². The van der Waals surface area contributed by atoms with E-state index < -0.39 is 0 Å². The van der Waals surface area contributed by atoms with Gasteiger partial charge in [-0.3, -0.25) is 9.59 Å². The first-order valence-electron chi connectivity index (χ1n) is 10.7. The molecule has 0 N–H and O–H groups in total. The van der Waals surface area contributed by atoms with Gasteiger partial charge >= 0.3 is 0 Å². The zero-order valence-corrected chi connectivity index (χ0v) is 18.2. The van der Waals surface area contributed by atoms with Crippen molar-refractivity contribution >= 4 is 29.8 Å². The first-order chi connectivity index (χ1) is 14.7. The van der Waals surface area contributed by atoms with Gasteiger partial charge < -0.3 is 4.90 Å². The van der Waals surface area contributed by atoms with E-state index in [4.69, 9.17) is 0 Å². The Kier molecular flexibility index (Phi) is 6.24. The molecule has 0 bridgehead atoms. The third-order valence-electron chi connectivity index (χ3n) is 6.41. The number of ketones is 1. The first-order valence-corrected chi connectivity index (χ1v) is 10.7. The SMILES string of the molecule is Cl.O=C1CC(=O)N(c2cccc(-c3ccc(CCC4Cc5ccccc5C4)cc3)c2)C1. The summed E-state index contributed by atoms with van der Waals surface area (Å²) >= 11 is 0. The summed E-state index contributed by atoms with van der Waals surface area (Å²) < 4.78 is 0. The van der Waals surface area contributed by atoms with E-state index in [1.165, 1.54) is 36.0 Å². The lowest BCUT2D eigenvalue weighted by Gasteiger charge is -2.16. The van der Waals surface area contributed by atoms with Gasteiger partial charge in [0.15, 0.2) is 5.78 Å². The Hall–Kier alpha value is -2.91. The number of carbonyl (C=O) groups excluding carboxylic acids is 2. The van der Waals surface area contributed by atoms with Gasteiger partial charge in [-0.2, -0.15) is 0 Å². The zero-order chi connectivity index (χ0) is 20.5. The van der Waals surface area contributed by atoms with E-state index in [-0.39, 0.29) is 37.1 Å². The molecule has 158 valence electrons. The van der Waals surface area contributed by atoms with Gasteiger partial charge in [-0.25, -0.2) is 0 Å². The van der Waals surface area contributed by atoms with E-state index in [9.17, 15) is 9.59 Å². The lowest BCUT2D eigenvalue weighted by Crippen LogP contribution is -2.24. The number of hydrogen-bond acceptors (Lipinski definition) is 2. The fourth-order valence-corrected chi connectivity index (χ4v) is 4.76. The molecule has 2 aliphatic rings. The molecule has 1 heterocycles. The van der Waals surface area contributed by atoms with Crippen LogP contribution in [-0.2, 0) is 28.9 Å². The quantitative estimate of drug-likeness (QED) is 0.505. The summed E-state index contributed by atoms with van der Waals surface area (Å²) in [6.07, 6.45) is 4.75. The van der Waals surface area contributed by atoms with E-state index in [1.54, 1.807) is 4.90 Å². The molecule has 1 aliphatic carbocycles. The van der Waals surface area contributed by atoms with Crippen molar-refractivity contribution in [1.29, 1.82) is 0 Å². The molecule has 3 nitrogen and oxygen atoms in total. The summed E-state index contributed by atoms with van der Waals surface area (Å²) in [5.74, 6) is 0.626. The summed E-state index contributed by atoms with van der Waals surface area (Å²) in [7, 11) is 0. The van der Waals surface area contributed by atoms with Crippen LogP contribution in [0.2, 0.25) is 0 Å². The van der Waals surface area contributed by atoms with E-state index in [1.807, 2.05) is 18.2 Å². The second-order valence-electron chi connectivity index (χ2n) is 8.52. The number of nitrogens with zero attached hydrogens (tertiary/aromatic N) is 1. The van der Waals surface area contributed by atoms with Crippen LogP contribution in [0.25, 0.3) is 11.1 Å². The average Bonchev–Trinajstić information content (AvgIpc) is 3.34. The van der Waals surface area contributed by atoms with Gasteiger partial charge in [0.2, 0.25) is 5.91 Å². The van der Waals surface area contributed by atoms with E-state index >= 15 is 0 Å². The predicted octanol–water partition coefficient (Wildman–Crippen LogP) is 5.43. The summed E-state index contributed by atoms with van der Waals surface area (Å²) in [5, 5.41) is 0. The Morgan fingerprint density at radius 2 is 1.52 bits per heavy atom. The molecule has 0 unspecified atom stereocenters. The number of rotatable bonds is 5. The predicted molar refractivity (Wildman–Crippen MR) is 127 cm³/mol. The van der Waals surface area contributed by atoms with E-state index in [0.717, 1.165) is 29.2 Å². The van der Waals surface area contributed by atoms with Crippen molar-refractivity contribution in [2.24, 2.45) is 5.92 Å². The molecule has 0 saturated carbocycles. The maximum atomic E-state index is 12.0. The molecule has 0 aromatic heterocycles. The molecular formula is C27H26ClNO2. The summed E-state index contributed by atoms with van der Waals surface area (Å²) in [6.45, 7) is 0.187. The van der Waals surface area contributed by atoms with Crippen molar-refractivity contribution in [2.75, 3.05) is 11.4 Å². The van der Waals surface area contributed by atoms with Gasteiger partial charge in [-0.1, -0.05) is 60.7 Å². The molecule has 3 aromatic rings. The van der Waals surface area contributed by atoms with Crippen LogP contribution in [0.4, 0.5) is 5.69 Å². The third kappa shape index (κ3) is 4.57. The van der Waals surface area contributed by atoms with Crippen LogP contribution in [0.3, 0.4) is 0 Å². The van der Waals surface area contributed by atoms with Gasteiger partial charge in [-0.05, 0) is 71.6 Å². The number of benzene rings is 3. The Labute approximate surface area is 189 Å². The van der Waals surface area contributed by atoms with Crippen LogP contribution in [0.5, 0.6) is 0 Å². The molecule has 0 spiro atoms. The molecular weight excluding hydrogens is 406 g/mol. The molecule has 1 amide bonds. The first kappa shape index (κ1) is 21.3. The van der Waals surface area contributed by atoms with E-state index in [2.05, 4.69) is 54.6 Å². The maximum Gasteiger partial charge on any atom is 0.234 e. The summed E-state index contributed by atoms with van der Waals surface area (Å²) in [5.41, 5.74) is 7.41. The molecule has 31 heavy (non-hydrogen) atoms. The minimum absolute atomic E-state index is 0. The molecule has 4 heteroatoms. The number of hydrogen-bond donors (Lipinski definition) is 0. The summed E-state index contributed by atoms with van der Waals surface area (Å²) in [6, 6.07) is 25.5. The van der Waals surface area contributed by atoms with Crippen LogP contribution in [0.15, 0.2) is 72.8 Å². The number of halogens is 1. The normalized spacial score (nSPS) is 15.8. The van der Waals surface area contributed by atoms with Crippen molar-refractivity contribution in [3.05, 3.63) is 89.5 Å². The number of amides is 1. The lowest BCUT2D eigenvalue weighted by molar-refractivity contribution is -0.121. The second kappa shape index (κ2) is 9.07. The number of anilines is 1. The molecule has 0 atom stereocenters. The van der Waals surface area contributed by atoms with Gasteiger partial charge in [0.25, 0.3) is 0 Å². The lowest BCUT2D eigenvalue weighted by atomic mass is 9.95. The topological polar surface area (TPSA) is 37.4 Å². The number of fused-ring (bicyclic) bond motifs is 1. The van der Waals surface area contributed by atoms with Crippen LogP contribution in [0, 0.1) is 5.92 Å². The molecule has 1 fully saturated rings. The Morgan fingerprint density at radius 1 is 0.806 bits per heavy atom. The highest BCUT2D eigenvalue weighted by Crippen LogP contribution is 2.30. The highest BCUT2D eigenvalue weighted by molar-refractivity contribution is 6.15. The van der Waals surface area contributed by atoms with Crippen molar-refractivity contribution in [2.45, 2.75) is 32.1 Å². The van der Waals surface area contributed by atoms with Crippen molar-refractivity contribution in [3.8, 4) is 11.1 Å². The monoisotopic (exact) mass is 431 g/mol. The molecule has 5 rings (SSSR count). The summed E-state index contributed by atoms with van der Waals surface area (Å²) in [4.78, 5) is 25.2. The van der Waals surface area contributed by atoms with Crippen molar-refractivity contribution < 1.29 is 9.59 Å². The number of Topliss-reactive ketones (excluding diaryl/α,β-unsaturated/α-hetero) is 1. The fourth-order valence-electron chi connectivity index (χ4n) is 4.76. The van der Waals surface area contributed by atoms with E-state index in [0.29, 0.717) is 0 Å². The standard InChI is InChI=1S/C27H25NO2.ClH/c29-26-17-27(30)28(18-26)25-7-3-6-24(16-25)21-12-10-19(11-13-21)8-9-20-14-22-4-1-2-5-23(22)15-20;/h1-7,10-13,16,20H,8-9,14-15,17-18H2;1H. The average molecular weight is 432 g/mol. The molecule has 0 radical (unpaired) electrons. The Bertz CT molecular complexity index is 1080. The largest absolute Gasteiger partial charge is 0.305 e. The van der Waals surface area contributed by atoms with Crippen molar-refractivity contribution in [1.82, 2.24) is 0 Å². The molecule has 1 saturated heterocycles. The number of carbonyl (C=O) groups is 2. The van der Waals surface area contributed by atoms with Crippen LogP contribution in [0.1, 0.15) is 29.5 Å². The Morgan fingerprint density at radius 3 is 2.16 bits per heavy atom. The van der Waals surface area contributed by atoms with Gasteiger partial charge in [-0.15, -0.1) is 12.4 Å². The second-order valence-corrected chi connectivity index (χ2v) is 8.52. The third-order valence-corrected chi connectivity index (χ3v) is 6.41. The fraction of sp³-hybridized carbons (Fsp3) is 0.259. The van der Waals surface area contributed by atoms with Crippen LogP contribution < -0.4 is 4.90 Å². The highest BCUT2D eigenvalue weighted by atomic mass is 35.5. The van der Waals surface area contributed by atoms with Crippen LogP contribution in [-0.4, -0.2) is 18.2 Å². The molecule has 1 aliphatic heterocycles. The minimum Gasteiger partial charge on any atom is -0.305 e.